The minimum absolute atomic E-state index is 0.126. The Bertz CT molecular complexity index is 759. The lowest BCUT2D eigenvalue weighted by atomic mass is 10.2. The normalized spacial score (nSPS) is 15.8. The molecule has 3 rings (SSSR count). The van der Waals surface area contributed by atoms with Crippen LogP contribution in [0.25, 0.3) is 5.69 Å². The summed E-state index contributed by atoms with van der Waals surface area (Å²) in [6, 6.07) is 7.93. The predicted molar refractivity (Wildman–Crippen MR) is 101 cm³/mol. The monoisotopic (exact) mass is 354 g/mol. The maximum Gasteiger partial charge on any atom is 0.246 e. The van der Waals surface area contributed by atoms with Crippen LogP contribution in [0.1, 0.15) is 18.2 Å². The quantitative estimate of drug-likeness (QED) is 0.790. The minimum atomic E-state index is -0.126. The highest BCUT2D eigenvalue weighted by Crippen LogP contribution is 2.11. The van der Waals surface area contributed by atoms with Gasteiger partial charge in [-0.1, -0.05) is 23.9 Å². The van der Waals surface area contributed by atoms with Gasteiger partial charge in [0.25, 0.3) is 0 Å². The number of hydrogen-bond donors (Lipinski definition) is 1. The van der Waals surface area contributed by atoms with E-state index in [1.807, 2.05) is 30.5 Å². The van der Waals surface area contributed by atoms with Crippen molar-refractivity contribution in [3.8, 4) is 5.69 Å². The van der Waals surface area contributed by atoms with E-state index in [2.05, 4.69) is 39.1 Å². The molecule has 26 heavy (non-hydrogen) atoms. The summed E-state index contributed by atoms with van der Waals surface area (Å²) in [5.74, 6) is -0.126. The molecule has 1 N–H and O–H groups in total. The fraction of sp³-hybridized carbons (Fsp3) is 0.421. The van der Waals surface area contributed by atoms with Crippen molar-refractivity contribution in [3.63, 3.8) is 0 Å². The number of piperazine rings is 1. The highest BCUT2D eigenvalue weighted by Gasteiger charge is 2.15. The van der Waals surface area contributed by atoms with Gasteiger partial charge in [-0.15, -0.1) is 5.10 Å². The van der Waals surface area contributed by atoms with E-state index in [4.69, 9.17) is 0 Å². The van der Waals surface area contributed by atoms with Crippen molar-refractivity contribution in [2.24, 2.45) is 0 Å². The molecule has 1 aromatic carbocycles. The summed E-state index contributed by atoms with van der Waals surface area (Å²) in [5, 5.41) is 11.4. The Morgan fingerprint density at radius 1 is 1.19 bits per heavy atom. The number of hydrogen-bond acceptors (Lipinski definition) is 5. The fourth-order valence-electron chi connectivity index (χ4n) is 2.83. The molecule has 1 amide bonds. The molecule has 0 saturated carbocycles. The molecule has 1 saturated heterocycles. The number of nitrogens with zero attached hydrogens (tertiary/aromatic N) is 5. The summed E-state index contributed by atoms with van der Waals surface area (Å²) in [6.45, 7) is 11.0. The van der Waals surface area contributed by atoms with E-state index in [1.54, 1.807) is 11.6 Å². The number of rotatable bonds is 6. The third kappa shape index (κ3) is 4.77. The molecule has 0 atom stereocenters. The average molecular weight is 354 g/mol. The van der Waals surface area contributed by atoms with E-state index in [0.29, 0.717) is 12.1 Å². The molecule has 138 valence electrons. The Hall–Kier alpha value is -2.51. The molecule has 0 aliphatic carbocycles. The van der Waals surface area contributed by atoms with Crippen LogP contribution in [0.3, 0.4) is 0 Å². The van der Waals surface area contributed by atoms with Crippen molar-refractivity contribution < 1.29 is 4.79 Å². The smallest absolute Gasteiger partial charge is 0.246 e. The van der Waals surface area contributed by atoms with Crippen LogP contribution in [0, 0.1) is 0 Å². The molecule has 7 nitrogen and oxygen atoms in total. The Labute approximate surface area is 154 Å². The predicted octanol–water partition coefficient (Wildman–Crippen LogP) is 1.21. The summed E-state index contributed by atoms with van der Waals surface area (Å²) in [4.78, 5) is 16.3. The van der Waals surface area contributed by atoms with Crippen LogP contribution in [-0.4, -0.2) is 63.9 Å². The first kappa shape index (κ1) is 18.3. The Kier molecular flexibility index (Phi) is 5.80. The lowest BCUT2D eigenvalue weighted by Crippen LogP contribution is -2.43. The van der Waals surface area contributed by atoms with Gasteiger partial charge in [0.1, 0.15) is 0 Å². The molecule has 7 heteroatoms. The average Bonchev–Trinajstić information content (AvgIpc) is 3.10. The van der Waals surface area contributed by atoms with Gasteiger partial charge >= 0.3 is 0 Å². The van der Waals surface area contributed by atoms with Gasteiger partial charge in [0.2, 0.25) is 5.91 Å². The summed E-state index contributed by atoms with van der Waals surface area (Å²) < 4.78 is 1.79. The molecule has 0 radical (unpaired) electrons. The van der Waals surface area contributed by atoms with Crippen LogP contribution in [-0.2, 0) is 17.9 Å². The zero-order valence-electron chi connectivity index (χ0n) is 15.5. The van der Waals surface area contributed by atoms with Crippen molar-refractivity contribution >= 4 is 5.91 Å². The Balaban J connectivity index is 1.57. The molecule has 1 aromatic heterocycles. The zero-order chi connectivity index (χ0) is 18.5. The maximum absolute atomic E-state index is 11.5. The maximum atomic E-state index is 11.5. The number of carbonyl (C=O) groups is 1. The van der Waals surface area contributed by atoms with Gasteiger partial charge in [0.15, 0.2) is 0 Å². The summed E-state index contributed by atoms with van der Waals surface area (Å²) in [5.41, 5.74) is 3.47. The van der Waals surface area contributed by atoms with E-state index in [-0.39, 0.29) is 5.91 Å². The number of amides is 1. The number of likely N-dealkylation sites (N-methyl/N-ethyl adjacent to an activating group) is 1. The number of carbonyl (C=O) groups excluding carboxylic acids is 1. The van der Waals surface area contributed by atoms with E-state index in [9.17, 15) is 4.79 Å². The number of nitrogens with one attached hydrogen (secondary N) is 1. The van der Waals surface area contributed by atoms with E-state index in [1.165, 1.54) is 0 Å². The largest absolute Gasteiger partial charge is 0.348 e. The van der Waals surface area contributed by atoms with Crippen LogP contribution >= 0.6 is 0 Å². The third-order valence-corrected chi connectivity index (χ3v) is 4.56. The molecule has 2 aromatic rings. The van der Waals surface area contributed by atoms with Crippen molar-refractivity contribution in [2.45, 2.75) is 20.0 Å². The molecule has 1 aliphatic rings. The van der Waals surface area contributed by atoms with Gasteiger partial charge in [-0.2, -0.15) is 0 Å². The first-order valence-corrected chi connectivity index (χ1v) is 8.86. The van der Waals surface area contributed by atoms with Gasteiger partial charge in [-0.05, 0) is 31.7 Å². The molecule has 1 aliphatic heterocycles. The minimum Gasteiger partial charge on any atom is -0.348 e. The lowest BCUT2D eigenvalue weighted by Gasteiger charge is -2.31. The molecule has 0 spiro atoms. The lowest BCUT2D eigenvalue weighted by molar-refractivity contribution is -0.117. The van der Waals surface area contributed by atoms with Crippen molar-refractivity contribution in [1.29, 1.82) is 0 Å². The second-order valence-electron chi connectivity index (χ2n) is 6.86. The highest BCUT2D eigenvalue weighted by atomic mass is 16.1. The van der Waals surface area contributed by atoms with Crippen LogP contribution < -0.4 is 5.32 Å². The number of aromatic nitrogens is 3. The first-order chi connectivity index (χ1) is 12.5. The van der Waals surface area contributed by atoms with Gasteiger partial charge < -0.3 is 10.2 Å². The standard InChI is InChI=1S/C19H26N6O/c1-15(2)19(26)20-12-16-4-6-18(7-5-16)25-14-17(21-22-25)13-24-10-8-23(3)9-11-24/h4-7,14H,1,8-13H2,2-3H3,(H,20,26). The van der Waals surface area contributed by atoms with Crippen molar-refractivity contribution in [1.82, 2.24) is 30.1 Å². The molecule has 0 unspecified atom stereocenters. The topological polar surface area (TPSA) is 66.3 Å². The van der Waals surface area contributed by atoms with Crippen LogP contribution in [0.15, 0.2) is 42.6 Å². The fourth-order valence-corrected chi connectivity index (χ4v) is 2.83. The van der Waals surface area contributed by atoms with E-state index in [0.717, 1.165) is 49.7 Å². The third-order valence-electron chi connectivity index (χ3n) is 4.56. The van der Waals surface area contributed by atoms with Crippen LogP contribution in [0.2, 0.25) is 0 Å². The van der Waals surface area contributed by atoms with Crippen molar-refractivity contribution in [2.75, 3.05) is 33.2 Å². The van der Waals surface area contributed by atoms with Crippen LogP contribution in [0.4, 0.5) is 0 Å². The first-order valence-electron chi connectivity index (χ1n) is 8.86. The Morgan fingerprint density at radius 2 is 1.88 bits per heavy atom. The molecule has 1 fully saturated rings. The highest BCUT2D eigenvalue weighted by molar-refractivity contribution is 5.91. The van der Waals surface area contributed by atoms with Gasteiger partial charge in [-0.25, -0.2) is 4.68 Å². The van der Waals surface area contributed by atoms with Crippen molar-refractivity contribution in [3.05, 3.63) is 53.9 Å². The van der Waals surface area contributed by atoms with E-state index < -0.39 is 0 Å². The zero-order valence-corrected chi connectivity index (χ0v) is 15.5. The molecule has 0 bridgehead atoms. The summed E-state index contributed by atoms with van der Waals surface area (Å²) in [7, 11) is 2.15. The van der Waals surface area contributed by atoms with Crippen LogP contribution in [0.5, 0.6) is 0 Å². The summed E-state index contributed by atoms with van der Waals surface area (Å²) in [6.07, 6.45) is 1.98. The second kappa shape index (κ2) is 8.25. The molecular weight excluding hydrogens is 328 g/mol. The van der Waals surface area contributed by atoms with Gasteiger partial charge in [-0.3, -0.25) is 9.69 Å². The SMILES string of the molecule is C=C(C)C(=O)NCc1ccc(-n2cc(CN3CCN(C)CC3)nn2)cc1. The van der Waals surface area contributed by atoms with E-state index >= 15 is 0 Å². The molecular formula is C19H26N6O. The van der Waals surface area contributed by atoms with Gasteiger partial charge in [0.05, 0.1) is 17.6 Å². The molecule has 2 heterocycles. The Morgan fingerprint density at radius 3 is 2.54 bits per heavy atom. The summed E-state index contributed by atoms with van der Waals surface area (Å²) >= 11 is 0. The second-order valence-corrected chi connectivity index (χ2v) is 6.86. The van der Waals surface area contributed by atoms with Gasteiger partial charge in [0, 0.05) is 44.8 Å². The number of benzene rings is 1.